The Morgan fingerprint density at radius 1 is 1.39 bits per heavy atom. The van der Waals surface area contributed by atoms with Gasteiger partial charge in [-0.15, -0.1) is 0 Å². The van der Waals surface area contributed by atoms with Crippen molar-refractivity contribution in [3.63, 3.8) is 0 Å². The number of ketones is 1. The third-order valence-corrected chi connectivity index (χ3v) is 2.82. The minimum atomic E-state index is -0.320. The average molecular weight is 252 g/mol. The van der Waals surface area contributed by atoms with Gasteiger partial charge >= 0.3 is 0 Å². The molecule has 1 unspecified atom stereocenters. The molecular formula is C14H24N2O2. The highest BCUT2D eigenvalue weighted by Gasteiger charge is 2.23. The van der Waals surface area contributed by atoms with Crippen LogP contribution in [0.5, 0.6) is 0 Å². The van der Waals surface area contributed by atoms with E-state index in [-0.39, 0.29) is 17.8 Å². The highest BCUT2D eigenvalue weighted by atomic mass is 16.5. The zero-order valence-electron chi connectivity index (χ0n) is 12.0. The van der Waals surface area contributed by atoms with Crippen LogP contribution < -0.4 is 0 Å². The molecule has 0 saturated carbocycles. The minimum absolute atomic E-state index is 0.112. The van der Waals surface area contributed by atoms with Crippen LogP contribution in [-0.4, -0.2) is 28.3 Å². The highest BCUT2D eigenvalue weighted by molar-refractivity contribution is 5.85. The van der Waals surface area contributed by atoms with E-state index in [2.05, 4.69) is 18.9 Å². The van der Waals surface area contributed by atoms with Gasteiger partial charge in [-0.25, -0.2) is 0 Å². The number of ether oxygens (including phenoxy) is 1. The van der Waals surface area contributed by atoms with Gasteiger partial charge in [-0.3, -0.25) is 9.48 Å². The molecule has 102 valence electrons. The van der Waals surface area contributed by atoms with Crippen molar-refractivity contribution in [3.05, 3.63) is 18.0 Å². The molecule has 0 N–H and O–H groups in total. The van der Waals surface area contributed by atoms with Gasteiger partial charge in [0.25, 0.3) is 0 Å². The maximum Gasteiger partial charge on any atom is 0.167 e. The van der Waals surface area contributed by atoms with Gasteiger partial charge in [-0.05, 0) is 32.8 Å². The molecule has 0 bridgehead atoms. The van der Waals surface area contributed by atoms with Gasteiger partial charge in [0, 0.05) is 18.8 Å². The molecule has 4 nitrogen and oxygen atoms in total. The predicted octanol–water partition coefficient (Wildman–Crippen LogP) is 2.64. The first-order valence-electron chi connectivity index (χ1n) is 6.64. The zero-order chi connectivity index (χ0) is 13.7. The summed E-state index contributed by atoms with van der Waals surface area (Å²) in [5.74, 6) is 0.311. The topological polar surface area (TPSA) is 44.1 Å². The van der Waals surface area contributed by atoms with Crippen LogP contribution in [0.15, 0.2) is 12.3 Å². The summed E-state index contributed by atoms with van der Waals surface area (Å²) in [6, 6.07) is 2.22. The number of carbonyl (C=O) groups is 1. The molecule has 1 rings (SSSR count). The van der Waals surface area contributed by atoms with Crippen molar-refractivity contribution in [1.29, 1.82) is 0 Å². The van der Waals surface area contributed by atoms with E-state index >= 15 is 0 Å². The smallest absolute Gasteiger partial charge is 0.167 e. The number of hydrogen-bond donors (Lipinski definition) is 0. The molecule has 0 aliphatic rings. The number of hydrogen-bond acceptors (Lipinski definition) is 3. The number of carbonyl (C=O) groups excluding carboxylic acids is 1. The fourth-order valence-electron chi connectivity index (χ4n) is 1.88. The summed E-state index contributed by atoms with van der Waals surface area (Å²) in [6.07, 6.45) is 1.94. The maximum atomic E-state index is 12.1. The minimum Gasteiger partial charge on any atom is -0.370 e. The standard InChI is InChI=1S/C14H24N2O2/c1-6-18-14(10(2)3)13(17)9-12-7-8-16(15-12)11(4)5/h7-8,10-11,14H,6,9H2,1-5H3. The lowest BCUT2D eigenvalue weighted by Crippen LogP contribution is -2.31. The van der Waals surface area contributed by atoms with Gasteiger partial charge in [-0.1, -0.05) is 13.8 Å². The third kappa shape index (κ3) is 3.95. The molecule has 0 aliphatic carbocycles. The van der Waals surface area contributed by atoms with Gasteiger partial charge in [0.1, 0.15) is 6.10 Å². The second-order valence-corrected chi connectivity index (χ2v) is 5.14. The Bertz CT molecular complexity index is 383. The zero-order valence-corrected chi connectivity index (χ0v) is 12.0. The van der Waals surface area contributed by atoms with Crippen molar-refractivity contribution >= 4 is 5.78 Å². The molecule has 0 fully saturated rings. The Morgan fingerprint density at radius 3 is 2.50 bits per heavy atom. The van der Waals surface area contributed by atoms with Gasteiger partial charge < -0.3 is 4.74 Å². The SMILES string of the molecule is CCOC(C(=O)Cc1ccn(C(C)C)n1)C(C)C. The highest BCUT2D eigenvalue weighted by Crippen LogP contribution is 2.12. The van der Waals surface area contributed by atoms with E-state index in [1.807, 2.05) is 37.7 Å². The van der Waals surface area contributed by atoms with Crippen molar-refractivity contribution in [2.24, 2.45) is 5.92 Å². The summed E-state index contributed by atoms with van der Waals surface area (Å²) in [6.45, 7) is 10.6. The molecule has 0 radical (unpaired) electrons. The molecule has 1 atom stereocenters. The van der Waals surface area contributed by atoms with Crippen molar-refractivity contribution in [3.8, 4) is 0 Å². The van der Waals surface area contributed by atoms with E-state index in [9.17, 15) is 4.79 Å². The Morgan fingerprint density at radius 2 is 2.06 bits per heavy atom. The fourth-order valence-corrected chi connectivity index (χ4v) is 1.88. The largest absolute Gasteiger partial charge is 0.370 e. The molecule has 0 aromatic carbocycles. The molecule has 1 aromatic rings. The van der Waals surface area contributed by atoms with E-state index < -0.39 is 0 Å². The lowest BCUT2D eigenvalue weighted by atomic mass is 10.00. The molecule has 1 aromatic heterocycles. The maximum absolute atomic E-state index is 12.1. The van der Waals surface area contributed by atoms with Crippen molar-refractivity contribution in [2.45, 2.75) is 53.2 Å². The molecule has 0 saturated heterocycles. The van der Waals surface area contributed by atoms with Crippen LogP contribution in [0.3, 0.4) is 0 Å². The van der Waals surface area contributed by atoms with Crippen LogP contribution in [0.1, 0.15) is 46.4 Å². The van der Waals surface area contributed by atoms with Gasteiger partial charge in [0.15, 0.2) is 5.78 Å². The monoisotopic (exact) mass is 252 g/mol. The number of rotatable bonds is 7. The summed E-state index contributed by atoms with van der Waals surface area (Å²) in [5.41, 5.74) is 0.819. The van der Waals surface area contributed by atoms with Gasteiger partial charge in [0.05, 0.1) is 12.1 Å². The van der Waals surface area contributed by atoms with E-state index in [4.69, 9.17) is 4.74 Å². The second-order valence-electron chi connectivity index (χ2n) is 5.14. The van der Waals surface area contributed by atoms with Crippen LogP contribution in [0.4, 0.5) is 0 Å². The summed E-state index contributed by atoms with van der Waals surface area (Å²) in [4.78, 5) is 12.1. The molecule has 18 heavy (non-hydrogen) atoms. The normalized spacial score (nSPS) is 13.3. The average Bonchev–Trinajstić information content (AvgIpc) is 2.73. The summed E-state index contributed by atoms with van der Waals surface area (Å²) < 4.78 is 7.38. The second kappa shape index (κ2) is 6.69. The number of Topliss-reactive ketones (excluding diaryl/α,β-unsaturated/α-hetero) is 1. The van der Waals surface area contributed by atoms with Gasteiger partial charge in [0.2, 0.25) is 0 Å². The number of aromatic nitrogens is 2. The Labute approximate surface area is 109 Å². The van der Waals surface area contributed by atoms with Crippen LogP contribution >= 0.6 is 0 Å². The van der Waals surface area contributed by atoms with Gasteiger partial charge in [-0.2, -0.15) is 5.10 Å². The lowest BCUT2D eigenvalue weighted by molar-refractivity contribution is -0.132. The van der Waals surface area contributed by atoms with E-state index in [0.29, 0.717) is 19.1 Å². The summed E-state index contributed by atoms with van der Waals surface area (Å²) in [7, 11) is 0. The molecule has 0 aliphatic heterocycles. The molecule has 1 heterocycles. The van der Waals surface area contributed by atoms with Crippen molar-refractivity contribution < 1.29 is 9.53 Å². The predicted molar refractivity (Wildman–Crippen MR) is 71.6 cm³/mol. The van der Waals surface area contributed by atoms with E-state index in [1.165, 1.54) is 0 Å². The quantitative estimate of drug-likeness (QED) is 0.749. The molecule has 4 heteroatoms. The Balaban J connectivity index is 2.67. The third-order valence-electron chi connectivity index (χ3n) is 2.82. The molecule has 0 spiro atoms. The first kappa shape index (κ1) is 14.9. The fraction of sp³-hybridized carbons (Fsp3) is 0.714. The molecular weight excluding hydrogens is 228 g/mol. The summed E-state index contributed by atoms with van der Waals surface area (Å²) >= 11 is 0. The van der Waals surface area contributed by atoms with Crippen LogP contribution in [0.25, 0.3) is 0 Å². The van der Waals surface area contributed by atoms with Crippen LogP contribution in [0.2, 0.25) is 0 Å². The summed E-state index contributed by atoms with van der Waals surface area (Å²) in [5, 5.41) is 4.39. The van der Waals surface area contributed by atoms with E-state index in [0.717, 1.165) is 5.69 Å². The first-order valence-corrected chi connectivity index (χ1v) is 6.64. The first-order chi connectivity index (χ1) is 8.45. The Kier molecular flexibility index (Phi) is 5.54. The number of nitrogens with zero attached hydrogens (tertiary/aromatic N) is 2. The lowest BCUT2D eigenvalue weighted by Gasteiger charge is -2.18. The van der Waals surface area contributed by atoms with Crippen molar-refractivity contribution in [2.75, 3.05) is 6.61 Å². The van der Waals surface area contributed by atoms with E-state index in [1.54, 1.807) is 0 Å². The van der Waals surface area contributed by atoms with Crippen molar-refractivity contribution in [1.82, 2.24) is 9.78 Å². The Hall–Kier alpha value is -1.16. The molecule has 0 amide bonds. The van der Waals surface area contributed by atoms with Crippen LogP contribution in [0, 0.1) is 5.92 Å². The van der Waals surface area contributed by atoms with Crippen LogP contribution in [-0.2, 0) is 16.0 Å².